The molecule has 6 nitrogen and oxygen atoms in total. The van der Waals surface area contributed by atoms with Gasteiger partial charge in [-0.3, -0.25) is 4.79 Å². The molecular weight excluding hydrogens is 238 g/mol. The van der Waals surface area contributed by atoms with Crippen LogP contribution < -0.4 is 5.32 Å². The first-order valence-corrected chi connectivity index (χ1v) is 6.41. The van der Waals surface area contributed by atoms with Crippen molar-refractivity contribution in [1.29, 1.82) is 0 Å². The highest BCUT2D eigenvalue weighted by Crippen LogP contribution is 2.23. The topological polar surface area (TPSA) is 99.0 Å². The summed E-state index contributed by atoms with van der Waals surface area (Å²) in [7, 11) is 1.61. The van der Waals surface area contributed by atoms with E-state index < -0.39 is 18.3 Å². The first-order chi connectivity index (χ1) is 8.58. The number of hydrogen-bond acceptors (Lipinski definition) is 5. The van der Waals surface area contributed by atoms with Gasteiger partial charge in [0, 0.05) is 19.9 Å². The van der Waals surface area contributed by atoms with Gasteiger partial charge in [0.1, 0.15) is 12.2 Å². The highest BCUT2D eigenvalue weighted by molar-refractivity contribution is 5.75. The third-order valence-electron chi connectivity index (χ3n) is 3.29. The molecule has 0 aliphatic carbocycles. The van der Waals surface area contributed by atoms with Crippen molar-refractivity contribution in [2.24, 2.45) is 0 Å². The van der Waals surface area contributed by atoms with E-state index in [1.54, 1.807) is 7.05 Å². The lowest BCUT2D eigenvalue weighted by atomic mass is 9.95. The summed E-state index contributed by atoms with van der Waals surface area (Å²) in [5.41, 5.74) is 0. The van der Waals surface area contributed by atoms with Gasteiger partial charge in [-0.25, -0.2) is 0 Å². The van der Waals surface area contributed by atoms with E-state index in [1.807, 2.05) is 0 Å². The lowest BCUT2D eigenvalue weighted by Gasteiger charge is -2.36. The van der Waals surface area contributed by atoms with Crippen LogP contribution in [-0.4, -0.2) is 59.3 Å². The van der Waals surface area contributed by atoms with Crippen molar-refractivity contribution in [2.45, 2.75) is 56.5 Å². The lowest BCUT2D eigenvalue weighted by Crippen LogP contribution is -2.49. The summed E-state index contributed by atoms with van der Waals surface area (Å²) >= 11 is 0. The molecule has 1 heterocycles. The molecule has 1 aliphatic heterocycles. The molecular formula is C12H23NO5. The number of carbonyl (C=O) groups is 1. The summed E-state index contributed by atoms with van der Waals surface area (Å²) < 4.78 is 5.49. The van der Waals surface area contributed by atoms with Crippen LogP contribution in [0.15, 0.2) is 0 Å². The van der Waals surface area contributed by atoms with Crippen LogP contribution in [0.25, 0.3) is 0 Å². The third-order valence-corrected chi connectivity index (χ3v) is 3.29. The summed E-state index contributed by atoms with van der Waals surface area (Å²) in [6, 6.07) is 0. The summed E-state index contributed by atoms with van der Waals surface area (Å²) in [5, 5.41) is 30.8. The zero-order chi connectivity index (χ0) is 13.5. The van der Waals surface area contributed by atoms with Gasteiger partial charge in [0.15, 0.2) is 0 Å². The number of aliphatic hydroxyl groups excluding tert-OH is 3. The number of amides is 1. The quantitative estimate of drug-likeness (QED) is 0.467. The first-order valence-electron chi connectivity index (χ1n) is 6.41. The minimum absolute atomic E-state index is 0.0169. The number of unbranched alkanes of at least 4 members (excludes halogenated alkanes) is 1. The highest BCUT2D eigenvalue weighted by Gasteiger charge is 2.35. The first kappa shape index (κ1) is 15.4. The monoisotopic (exact) mass is 261 g/mol. The Morgan fingerprint density at radius 1 is 1.39 bits per heavy atom. The third kappa shape index (κ3) is 4.53. The second-order valence-electron chi connectivity index (χ2n) is 4.69. The molecule has 0 aromatic rings. The van der Waals surface area contributed by atoms with Crippen molar-refractivity contribution < 1.29 is 24.9 Å². The molecule has 4 N–H and O–H groups in total. The van der Waals surface area contributed by atoms with E-state index in [2.05, 4.69) is 5.32 Å². The van der Waals surface area contributed by atoms with Gasteiger partial charge in [-0.05, 0) is 12.8 Å². The minimum Gasteiger partial charge on any atom is -0.394 e. The Balaban J connectivity index is 2.24. The standard InChI is InChI=1S/C12H23NO5/c1-13-11(16)5-3-2-4-8-6-9(15)12(17)10(7-14)18-8/h8-10,12,14-15,17H,2-7H2,1H3,(H,13,16). The van der Waals surface area contributed by atoms with Crippen molar-refractivity contribution in [3.63, 3.8) is 0 Å². The highest BCUT2D eigenvalue weighted by atomic mass is 16.5. The van der Waals surface area contributed by atoms with E-state index >= 15 is 0 Å². The van der Waals surface area contributed by atoms with Crippen LogP contribution in [0.3, 0.4) is 0 Å². The molecule has 6 heteroatoms. The minimum atomic E-state index is -1.02. The molecule has 0 aromatic carbocycles. The SMILES string of the molecule is CNC(=O)CCCCC1CC(O)C(O)C(CO)O1. The van der Waals surface area contributed by atoms with Gasteiger partial charge in [-0.15, -0.1) is 0 Å². The lowest BCUT2D eigenvalue weighted by molar-refractivity contribution is -0.181. The van der Waals surface area contributed by atoms with Crippen LogP contribution in [0.1, 0.15) is 32.1 Å². The second kappa shape index (κ2) is 7.68. The van der Waals surface area contributed by atoms with Crippen LogP contribution in [0.4, 0.5) is 0 Å². The normalized spacial score (nSPS) is 32.2. The molecule has 106 valence electrons. The van der Waals surface area contributed by atoms with Gasteiger partial charge in [0.05, 0.1) is 18.8 Å². The average Bonchev–Trinajstić information content (AvgIpc) is 2.38. The van der Waals surface area contributed by atoms with E-state index in [1.165, 1.54) is 0 Å². The number of carbonyl (C=O) groups excluding carboxylic acids is 1. The maximum Gasteiger partial charge on any atom is 0.219 e. The Morgan fingerprint density at radius 2 is 2.11 bits per heavy atom. The number of hydrogen-bond donors (Lipinski definition) is 4. The van der Waals surface area contributed by atoms with Crippen LogP contribution in [0.5, 0.6) is 0 Å². The molecule has 1 fully saturated rings. The molecule has 4 atom stereocenters. The molecule has 0 bridgehead atoms. The fourth-order valence-corrected chi connectivity index (χ4v) is 2.16. The number of nitrogens with one attached hydrogen (secondary N) is 1. The zero-order valence-electron chi connectivity index (χ0n) is 10.7. The predicted octanol–water partition coefficient (Wildman–Crippen LogP) is -0.836. The van der Waals surface area contributed by atoms with E-state index in [4.69, 9.17) is 9.84 Å². The number of aliphatic hydroxyl groups is 3. The molecule has 1 rings (SSSR count). The van der Waals surface area contributed by atoms with Crippen molar-refractivity contribution in [2.75, 3.05) is 13.7 Å². The van der Waals surface area contributed by atoms with Crippen molar-refractivity contribution in [3.8, 4) is 0 Å². The predicted molar refractivity (Wildman–Crippen MR) is 64.9 cm³/mol. The van der Waals surface area contributed by atoms with Crippen LogP contribution in [0.2, 0.25) is 0 Å². The van der Waals surface area contributed by atoms with Gasteiger partial charge in [-0.2, -0.15) is 0 Å². The van der Waals surface area contributed by atoms with Gasteiger partial charge in [0.25, 0.3) is 0 Å². The maximum absolute atomic E-state index is 11.0. The Bertz CT molecular complexity index is 261. The van der Waals surface area contributed by atoms with E-state index in [9.17, 15) is 15.0 Å². The van der Waals surface area contributed by atoms with Gasteiger partial charge in [-0.1, -0.05) is 6.42 Å². The fraction of sp³-hybridized carbons (Fsp3) is 0.917. The van der Waals surface area contributed by atoms with Crippen molar-refractivity contribution in [3.05, 3.63) is 0 Å². The van der Waals surface area contributed by atoms with Crippen molar-refractivity contribution >= 4 is 5.91 Å². The summed E-state index contributed by atoms with van der Waals surface area (Å²) in [4.78, 5) is 11.0. The smallest absolute Gasteiger partial charge is 0.219 e. The molecule has 0 radical (unpaired) electrons. The molecule has 0 aromatic heterocycles. The molecule has 0 spiro atoms. The van der Waals surface area contributed by atoms with Crippen molar-refractivity contribution in [1.82, 2.24) is 5.32 Å². The van der Waals surface area contributed by atoms with Crippen LogP contribution in [0, 0.1) is 0 Å². The summed E-state index contributed by atoms with van der Waals surface area (Å²) in [6.07, 6.45) is 0.424. The van der Waals surface area contributed by atoms with Gasteiger partial charge >= 0.3 is 0 Å². The van der Waals surface area contributed by atoms with Gasteiger partial charge < -0.3 is 25.4 Å². The largest absolute Gasteiger partial charge is 0.394 e. The van der Waals surface area contributed by atoms with E-state index in [-0.39, 0.29) is 18.6 Å². The Labute approximate surface area is 107 Å². The Kier molecular flexibility index (Phi) is 6.56. The molecule has 0 saturated carbocycles. The maximum atomic E-state index is 11.0. The number of ether oxygens (including phenoxy) is 1. The molecule has 18 heavy (non-hydrogen) atoms. The zero-order valence-corrected chi connectivity index (χ0v) is 10.7. The molecule has 1 amide bonds. The number of rotatable bonds is 6. The molecule has 4 unspecified atom stereocenters. The summed E-state index contributed by atoms with van der Waals surface area (Å²) in [6.45, 7) is -0.299. The van der Waals surface area contributed by atoms with Gasteiger partial charge in [0.2, 0.25) is 5.91 Å². The van der Waals surface area contributed by atoms with Crippen LogP contribution >= 0.6 is 0 Å². The van der Waals surface area contributed by atoms with E-state index in [0.717, 1.165) is 19.3 Å². The average molecular weight is 261 g/mol. The molecule has 1 aliphatic rings. The Morgan fingerprint density at radius 3 is 2.72 bits per heavy atom. The second-order valence-corrected chi connectivity index (χ2v) is 4.69. The fourth-order valence-electron chi connectivity index (χ4n) is 2.16. The van der Waals surface area contributed by atoms with E-state index in [0.29, 0.717) is 12.8 Å². The van der Waals surface area contributed by atoms with Crippen LogP contribution in [-0.2, 0) is 9.53 Å². The molecule has 1 saturated heterocycles. The Hall–Kier alpha value is -0.690. The summed E-state index contributed by atoms with van der Waals surface area (Å²) in [5.74, 6) is 0.0169.